The quantitative estimate of drug-likeness (QED) is 0.441. The van der Waals surface area contributed by atoms with Gasteiger partial charge in [-0.25, -0.2) is 4.39 Å². The van der Waals surface area contributed by atoms with Crippen molar-refractivity contribution in [1.29, 1.82) is 0 Å². The third-order valence-corrected chi connectivity index (χ3v) is 6.31. The smallest absolute Gasteiger partial charge is 0.268 e. The van der Waals surface area contributed by atoms with Gasteiger partial charge >= 0.3 is 0 Å². The predicted molar refractivity (Wildman–Crippen MR) is 134 cm³/mol. The van der Waals surface area contributed by atoms with Gasteiger partial charge < -0.3 is 20.1 Å². The van der Waals surface area contributed by atoms with Crippen LogP contribution in [0.15, 0.2) is 78.9 Å². The zero-order valence-electron chi connectivity index (χ0n) is 19.5. The zero-order valence-corrected chi connectivity index (χ0v) is 19.5. The van der Waals surface area contributed by atoms with Crippen LogP contribution < -0.4 is 10.6 Å². The summed E-state index contributed by atoms with van der Waals surface area (Å²) in [6.45, 7) is 1.47. The number of amides is 3. The van der Waals surface area contributed by atoms with Crippen molar-refractivity contribution in [3.05, 3.63) is 107 Å². The van der Waals surface area contributed by atoms with Gasteiger partial charge in [0, 0.05) is 41.7 Å². The Morgan fingerprint density at radius 3 is 2.50 bits per heavy atom. The van der Waals surface area contributed by atoms with Crippen molar-refractivity contribution in [3.63, 3.8) is 0 Å². The number of benzene rings is 3. The first-order valence-corrected chi connectivity index (χ1v) is 11.7. The lowest BCUT2D eigenvalue weighted by Crippen LogP contribution is -2.49. The fourth-order valence-corrected chi connectivity index (χ4v) is 4.40. The van der Waals surface area contributed by atoms with Crippen LogP contribution in [0.4, 0.5) is 4.39 Å². The summed E-state index contributed by atoms with van der Waals surface area (Å²) < 4.78 is 16.2. The number of rotatable bonds is 6. The highest BCUT2D eigenvalue weighted by Crippen LogP contribution is 2.22. The molecule has 2 heterocycles. The van der Waals surface area contributed by atoms with Crippen molar-refractivity contribution in [2.45, 2.75) is 13.1 Å². The maximum Gasteiger partial charge on any atom is 0.268 e. The SMILES string of the molecule is O=C1CN(C(=O)c2ccc(CNC(=O)c3cc4ccccc4n3Cc3ccccc3F)cc2)CCN1. The molecule has 3 amide bonds. The predicted octanol–water partition coefficient (Wildman–Crippen LogP) is 3.33. The molecule has 0 atom stereocenters. The summed E-state index contributed by atoms with van der Waals surface area (Å²) in [5.41, 5.74) is 3.10. The number of nitrogens with zero attached hydrogens (tertiary/aromatic N) is 2. The van der Waals surface area contributed by atoms with E-state index in [-0.39, 0.29) is 43.2 Å². The summed E-state index contributed by atoms with van der Waals surface area (Å²) in [5.74, 6) is -0.956. The molecule has 0 saturated carbocycles. The molecule has 2 N–H and O–H groups in total. The summed E-state index contributed by atoms with van der Waals surface area (Å²) in [6.07, 6.45) is 0. The Morgan fingerprint density at radius 1 is 0.972 bits per heavy atom. The lowest BCUT2D eigenvalue weighted by Gasteiger charge is -2.26. The fraction of sp³-hybridized carbons (Fsp3) is 0.179. The molecule has 1 fully saturated rings. The van der Waals surface area contributed by atoms with E-state index in [1.54, 1.807) is 42.5 Å². The molecular formula is C28H25FN4O3. The maximum atomic E-state index is 14.4. The van der Waals surface area contributed by atoms with Gasteiger partial charge in [0.1, 0.15) is 11.5 Å². The monoisotopic (exact) mass is 484 g/mol. The number of fused-ring (bicyclic) bond motifs is 1. The number of carbonyl (C=O) groups excluding carboxylic acids is 3. The minimum absolute atomic E-state index is 0.0531. The van der Waals surface area contributed by atoms with Gasteiger partial charge in [-0.15, -0.1) is 0 Å². The Morgan fingerprint density at radius 2 is 1.72 bits per heavy atom. The van der Waals surface area contributed by atoms with Crippen molar-refractivity contribution in [1.82, 2.24) is 20.1 Å². The Balaban J connectivity index is 1.30. The summed E-state index contributed by atoms with van der Waals surface area (Å²) in [5, 5.41) is 6.53. The van der Waals surface area contributed by atoms with Gasteiger partial charge in [0.2, 0.25) is 5.91 Å². The Bertz CT molecular complexity index is 1440. The van der Waals surface area contributed by atoms with Crippen LogP contribution in [0.2, 0.25) is 0 Å². The average molecular weight is 485 g/mol. The van der Waals surface area contributed by atoms with Crippen LogP contribution in [0, 0.1) is 5.82 Å². The van der Waals surface area contributed by atoms with E-state index < -0.39 is 0 Å². The molecule has 182 valence electrons. The maximum absolute atomic E-state index is 14.4. The molecule has 36 heavy (non-hydrogen) atoms. The van der Waals surface area contributed by atoms with E-state index in [9.17, 15) is 18.8 Å². The van der Waals surface area contributed by atoms with Crippen molar-refractivity contribution in [2.75, 3.05) is 19.6 Å². The Hall–Kier alpha value is -4.46. The first-order chi connectivity index (χ1) is 17.5. The van der Waals surface area contributed by atoms with Crippen LogP contribution >= 0.6 is 0 Å². The van der Waals surface area contributed by atoms with Crippen LogP contribution in [0.3, 0.4) is 0 Å². The van der Waals surface area contributed by atoms with Gasteiger partial charge in [0.05, 0.1) is 13.1 Å². The van der Waals surface area contributed by atoms with Gasteiger partial charge in [0.15, 0.2) is 0 Å². The molecule has 0 bridgehead atoms. The minimum atomic E-state index is -0.318. The first kappa shape index (κ1) is 23.3. The molecule has 1 saturated heterocycles. The molecule has 4 aromatic rings. The van der Waals surface area contributed by atoms with Crippen molar-refractivity contribution in [2.24, 2.45) is 0 Å². The highest BCUT2D eigenvalue weighted by molar-refractivity contribution is 5.99. The summed E-state index contributed by atoms with van der Waals surface area (Å²) in [4.78, 5) is 38.9. The third kappa shape index (κ3) is 4.84. The van der Waals surface area contributed by atoms with Crippen LogP contribution in [-0.2, 0) is 17.9 Å². The molecule has 0 spiro atoms. The molecular weight excluding hydrogens is 459 g/mol. The van der Waals surface area contributed by atoms with Gasteiger partial charge in [-0.1, -0.05) is 48.5 Å². The number of aromatic nitrogens is 1. The fourth-order valence-electron chi connectivity index (χ4n) is 4.40. The molecule has 7 nitrogen and oxygen atoms in total. The number of piperazine rings is 1. The highest BCUT2D eigenvalue weighted by atomic mass is 19.1. The minimum Gasteiger partial charge on any atom is -0.353 e. The van der Waals surface area contributed by atoms with E-state index in [0.29, 0.717) is 29.9 Å². The van der Waals surface area contributed by atoms with Crippen molar-refractivity contribution in [3.8, 4) is 0 Å². The van der Waals surface area contributed by atoms with Crippen LogP contribution in [0.5, 0.6) is 0 Å². The number of hydrogen-bond donors (Lipinski definition) is 2. The Labute approximate surface area is 207 Å². The molecule has 8 heteroatoms. The number of nitrogens with one attached hydrogen (secondary N) is 2. The zero-order chi connectivity index (χ0) is 25.1. The number of halogens is 1. The normalized spacial score (nSPS) is 13.5. The van der Waals surface area contributed by atoms with E-state index in [1.165, 1.54) is 11.0 Å². The van der Waals surface area contributed by atoms with E-state index in [4.69, 9.17) is 0 Å². The van der Waals surface area contributed by atoms with E-state index >= 15 is 0 Å². The molecule has 1 aliphatic heterocycles. The van der Waals surface area contributed by atoms with E-state index in [2.05, 4.69) is 10.6 Å². The third-order valence-electron chi connectivity index (χ3n) is 6.31. The molecule has 0 radical (unpaired) electrons. The second kappa shape index (κ2) is 10.0. The lowest BCUT2D eigenvalue weighted by atomic mass is 10.1. The topological polar surface area (TPSA) is 83.4 Å². The number of hydrogen-bond acceptors (Lipinski definition) is 3. The summed E-state index contributed by atoms with van der Waals surface area (Å²) in [6, 6.07) is 22.9. The molecule has 0 aliphatic carbocycles. The van der Waals surface area contributed by atoms with Crippen LogP contribution in [0.25, 0.3) is 10.9 Å². The molecule has 3 aromatic carbocycles. The average Bonchev–Trinajstić information content (AvgIpc) is 3.27. The standard InChI is InChI=1S/C28H25FN4O3/c29-23-7-3-1-6-22(23)17-33-24-8-4-2-5-21(24)15-25(33)27(35)31-16-19-9-11-20(12-10-19)28(36)32-14-13-30-26(34)18-32/h1-12,15H,13-14,16-18H2,(H,30,34)(H,31,35). The number of para-hydroxylation sites is 1. The van der Waals surface area contributed by atoms with Gasteiger partial charge in [-0.3, -0.25) is 14.4 Å². The van der Waals surface area contributed by atoms with Crippen molar-refractivity contribution >= 4 is 28.6 Å². The summed E-state index contributed by atoms with van der Waals surface area (Å²) >= 11 is 0. The Kier molecular flexibility index (Phi) is 6.49. The van der Waals surface area contributed by atoms with E-state index in [0.717, 1.165) is 16.5 Å². The molecule has 5 rings (SSSR count). The van der Waals surface area contributed by atoms with Crippen LogP contribution in [-0.4, -0.2) is 46.8 Å². The molecule has 1 aliphatic rings. The largest absolute Gasteiger partial charge is 0.353 e. The van der Waals surface area contributed by atoms with Crippen LogP contribution in [0.1, 0.15) is 32.0 Å². The second-order valence-corrected chi connectivity index (χ2v) is 8.72. The lowest BCUT2D eigenvalue weighted by molar-refractivity contribution is -0.123. The number of carbonyl (C=O) groups is 3. The molecule has 1 aromatic heterocycles. The van der Waals surface area contributed by atoms with Crippen molar-refractivity contribution < 1.29 is 18.8 Å². The van der Waals surface area contributed by atoms with Gasteiger partial charge in [-0.2, -0.15) is 0 Å². The van der Waals surface area contributed by atoms with Gasteiger partial charge in [0.25, 0.3) is 11.8 Å². The second-order valence-electron chi connectivity index (χ2n) is 8.72. The van der Waals surface area contributed by atoms with Gasteiger partial charge in [-0.05, 0) is 35.9 Å². The molecule has 0 unspecified atom stereocenters. The highest BCUT2D eigenvalue weighted by Gasteiger charge is 2.22. The first-order valence-electron chi connectivity index (χ1n) is 11.7. The summed E-state index contributed by atoms with van der Waals surface area (Å²) in [7, 11) is 0. The van der Waals surface area contributed by atoms with E-state index in [1.807, 2.05) is 34.9 Å².